The number of aliphatic hydroxyl groups excluding tert-OH is 1. The zero-order valence-corrected chi connectivity index (χ0v) is 6.45. The summed E-state index contributed by atoms with van der Waals surface area (Å²) in [7, 11) is 2.01. The largest absolute Gasteiger partial charge is 0.395 e. The highest BCUT2D eigenvalue weighted by atomic mass is 16.3. The van der Waals surface area contributed by atoms with Crippen LogP contribution in [0.2, 0.25) is 0 Å². The van der Waals surface area contributed by atoms with E-state index in [1.165, 1.54) is 0 Å². The van der Waals surface area contributed by atoms with Gasteiger partial charge in [-0.2, -0.15) is 0 Å². The zero-order chi connectivity index (χ0) is 7.56. The molecule has 0 aromatic rings. The van der Waals surface area contributed by atoms with E-state index in [0.717, 1.165) is 19.4 Å². The third-order valence-electron chi connectivity index (χ3n) is 2.23. The third kappa shape index (κ3) is 1.68. The summed E-state index contributed by atoms with van der Waals surface area (Å²) in [4.78, 5) is 2.13. The molecular weight excluding hydrogens is 128 g/mol. The first-order valence-corrected chi connectivity index (χ1v) is 3.80. The molecule has 3 nitrogen and oxygen atoms in total. The number of aliphatic hydroxyl groups is 1. The van der Waals surface area contributed by atoms with Gasteiger partial charge in [0.25, 0.3) is 0 Å². The van der Waals surface area contributed by atoms with Crippen LogP contribution in [0.25, 0.3) is 0 Å². The van der Waals surface area contributed by atoms with Gasteiger partial charge >= 0.3 is 0 Å². The van der Waals surface area contributed by atoms with Crippen LogP contribution in [-0.4, -0.2) is 42.3 Å². The predicted octanol–water partition coefficient (Wildman–Crippen LogP) is -0.600. The molecule has 3 N–H and O–H groups in total. The predicted molar refractivity (Wildman–Crippen MR) is 40.7 cm³/mol. The van der Waals surface area contributed by atoms with E-state index in [2.05, 4.69) is 4.90 Å². The summed E-state index contributed by atoms with van der Waals surface area (Å²) >= 11 is 0. The Morgan fingerprint density at radius 2 is 2.30 bits per heavy atom. The number of nitrogens with zero attached hydrogens (tertiary/aromatic N) is 1. The molecule has 1 fully saturated rings. The molecule has 0 aliphatic carbocycles. The fourth-order valence-electron chi connectivity index (χ4n) is 1.47. The summed E-state index contributed by atoms with van der Waals surface area (Å²) < 4.78 is 0. The minimum Gasteiger partial charge on any atom is -0.395 e. The lowest BCUT2D eigenvalue weighted by atomic mass is 10.0. The van der Waals surface area contributed by atoms with Crippen molar-refractivity contribution in [1.82, 2.24) is 4.90 Å². The minimum atomic E-state index is 0.267. The Bertz CT molecular complexity index is 108. The van der Waals surface area contributed by atoms with Crippen LogP contribution in [0, 0.1) is 0 Å². The van der Waals surface area contributed by atoms with Crippen molar-refractivity contribution in [2.24, 2.45) is 5.73 Å². The molecule has 0 amide bonds. The molecule has 0 radical (unpaired) electrons. The maximum atomic E-state index is 8.87. The average Bonchev–Trinajstić information content (AvgIpc) is 1.88. The van der Waals surface area contributed by atoms with Gasteiger partial charge in [-0.05, 0) is 19.9 Å². The number of hydrogen-bond donors (Lipinski definition) is 2. The van der Waals surface area contributed by atoms with Gasteiger partial charge in [0, 0.05) is 18.6 Å². The first-order chi connectivity index (χ1) is 4.74. The first kappa shape index (κ1) is 7.98. The summed E-state index contributed by atoms with van der Waals surface area (Å²) in [6.45, 7) is 1.19. The summed E-state index contributed by atoms with van der Waals surface area (Å²) in [6.07, 6.45) is 2.09. The highest BCUT2D eigenvalue weighted by Crippen LogP contribution is 2.13. The maximum Gasteiger partial charge on any atom is 0.0586 e. The fourth-order valence-corrected chi connectivity index (χ4v) is 1.47. The Morgan fingerprint density at radius 1 is 1.60 bits per heavy atom. The van der Waals surface area contributed by atoms with Crippen LogP contribution in [0.5, 0.6) is 0 Å². The van der Waals surface area contributed by atoms with Crippen molar-refractivity contribution in [3.05, 3.63) is 0 Å². The second-order valence-corrected chi connectivity index (χ2v) is 3.11. The standard InChI is InChI=1S/C7H16N2O/c1-9-4-6(8)2-3-7(9)5-10/h6-7,10H,2-5,8H2,1H3/t6-,7-/m1/s1. The Labute approximate surface area is 61.8 Å². The summed E-state index contributed by atoms with van der Waals surface area (Å²) in [5.74, 6) is 0. The van der Waals surface area contributed by atoms with Crippen LogP contribution in [0.1, 0.15) is 12.8 Å². The van der Waals surface area contributed by atoms with Gasteiger partial charge in [-0.15, -0.1) is 0 Å². The molecular formula is C7H16N2O. The number of likely N-dealkylation sites (N-methyl/N-ethyl adjacent to an activating group) is 1. The average molecular weight is 144 g/mol. The van der Waals surface area contributed by atoms with E-state index >= 15 is 0 Å². The van der Waals surface area contributed by atoms with Crippen molar-refractivity contribution in [3.8, 4) is 0 Å². The Morgan fingerprint density at radius 3 is 2.80 bits per heavy atom. The van der Waals surface area contributed by atoms with Gasteiger partial charge in [0.2, 0.25) is 0 Å². The molecule has 0 saturated carbocycles. The van der Waals surface area contributed by atoms with E-state index in [1.54, 1.807) is 0 Å². The number of hydrogen-bond acceptors (Lipinski definition) is 3. The Balaban J connectivity index is 2.36. The number of rotatable bonds is 1. The lowest BCUT2D eigenvalue weighted by molar-refractivity contribution is 0.104. The highest BCUT2D eigenvalue weighted by molar-refractivity contribution is 4.80. The lowest BCUT2D eigenvalue weighted by Gasteiger charge is -2.34. The number of nitrogens with two attached hydrogens (primary N) is 1. The molecule has 0 aromatic heterocycles. The van der Waals surface area contributed by atoms with E-state index in [0.29, 0.717) is 12.1 Å². The van der Waals surface area contributed by atoms with Crippen LogP contribution in [0.4, 0.5) is 0 Å². The van der Waals surface area contributed by atoms with Crippen LogP contribution < -0.4 is 5.73 Å². The molecule has 10 heavy (non-hydrogen) atoms. The van der Waals surface area contributed by atoms with Crippen molar-refractivity contribution >= 4 is 0 Å². The van der Waals surface area contributed by atoms with Crippen molar-refractivity contribution in [2.45, 2.75) is 24.9 Å². The van der Waals surface area contributed by atoms with Gasteiger partial charge in [0.05, 0.1) is 6.61 Å². The third-order valence-corrected chi connectivity index (χ3v) is 2.23. The maximum absolute atomic E-state index is 8.87. The van der Waals surface area contributed by atoms with Gasteiger partial charge < -0.3 is 10.8 Å². The van der Waals surface area contributed by atoms with Gasteiger partial charge in [-0.3, -0.25) is 4.90 Å². The van der Waals surface area contributed by atoms with E-state index in [-0.39, 0.29) is 6.61 Å². The first-order valence-electron chi connectivity index (χ1n) is 3.80. The molecule has 0 spiro atoms. The molecule has 0 unspecified atom stereocenters. The second kappa shape index (κ2) is 3.32. The normalized spacial score (nSPS) is 36.3. The molecule has 2 atom stereocenters. The molecule has 1 saturated heterocycles. The van der Waals surface area contributed by atoms with E-state index in [9.17, 15) is 0 Å². The van der Waals surface area contributed by atoms with Crippen molar-refractivity contribution < 1.29 is 5.11 Å². The van der Waals surface area contributed by atoms with Gasteiger partial charge in [0.15, 0.2) is 0 Å². The molecule has 0 aromatic carbocycles. The molecule has 1 aliphatic rings. The molecule has 1 heterocycles. The van der Waals surface area contributed by atoms with E-state index in [1.807, 2.05) is 7.05 Å². The molecule has 3 heteroatoms. The van der Waals surface area contributed by atoms with E-state index < -0.39 is 0 Å². The highest BCUT2D eigenvalue weighted by Gasteiger charge is 2.21. The topological polar surface area (TPSA) is 49.5 Å². The monoisotopic (exact) mass is 144 g/mol. The SMILES string of the molecule is CN1C[C@H](N)CC[C@@H]1CO. The van der Waals surface area contributed by atoms with Gasteiger partial charge in [-0.25, -0.2) is 0 Å². The lowest BCUT2D eigenvalue weighted by Crippen LogP contribution is -2.47. The van der Waals surface area contributed by atoms with Crippen LogP contribution in [0.3, 0.4) is 0 Å². The molecule has 1 rings (SSSR count). The summed E-state index contributed by atoms with van der Waals surface area (Å²) in [5.41, 5.74) is 5.72. The Kier molecular flexibility index (Phi) is 2.65. The number of piperidine rings is 1. The molecule has 0 bridgehead atoms. The quantitative estimate of drug-likeness (QED) is 0.516. The Hall–Kier alpha value is -0.120. The second-order valence-electron chi connectivity index (χ2n) is 3.11. The van der Waals surface area contributed by atoms with Crippen molar-refractivity contribution in [3.63, 3.8) is 0 Å². The zero-order valence-electron chi connectivity index (χ0n) is 6.45. The summed E-state index contributed by atoms with van der Waals surface area (Å²) in [6, 6.07) is 0.660. The smallest absolute Gasteiger partial charge is 0.0586 e. The van der Waals surface area contributed by atoms with Crippen molar-refractivity contribution in [2.75, 3.05) is 20.2 Å². The van der Waals surface area contributed by atoms with Gasteiger partial charge in [-0.1, -0.05) is 0 Å². The fraction of sp³-hybridized carbons (Fsp3) is 1.00. The van der Waals surface area contributed by atoms with Crippen LogP contribution in [-0.2, 0) is 0 Å². The van der Waals surface area contributed by atoms with Crippen molar-refractivity contribution in [1.29, 1.82) is 0 Å². The minimum absolute atomic E-state index is 0.267. The van der Waals surface area contributed by atoms with Gasteiger partial charge in [0.1, 0.15) is 0 Å². The summed E-state index contributed by atoms with van der Waals surface area (Å²) in [5, 5.41) is 8.87. The molecule has 60 valence electrons. The van der Waals surface area contributed by atoms with Crippen LogP contribution >= 0.6 is 0 Å². The number of likely N-dealkylation sites (tertiary alicyclic amines) is 1. The van der Waals surface area contributed by atoms with E-state index in [4.69, 9.17) is 10.8 Å². The van der Waals surface area contributed by atoms with Crippen LogP contribution in [0.15, 0.2) is 0 Å². The molecule has 1 aliphatic heterocycles.